The van der Waals surface area contributed by atoms with E-state index in [1.807, 2.05) is 13.8 Å². The van der Waals surface area contributed by atoms with Gasteiger partial charge in [0.15, 0.2) is 10.8 Å². The zero-order chi connectivity index (χ0) is 20.3. The second kappa shape index (κ2) is 8.47. The normalized spacial score (nSPS) is 11.2. The number of carbonyl (C=O) groups excluding carboxylic acids is 1. The van der Waals surface area contributed by atoms with Crippen LogP contribution < -0.4 is 10.9 Å². The summed E-state index contributed by atoms with van der Waals surface area (Å²) in [5, 5.41) is 3.16. The molecule has 1 aromatic carbocycles. The monoisotopic (exact) mass is 404 g/mol. The van der Waals surface area contributed by atoms with Gasteiger partial charge in [0, 0.05) is 18.8 Å². The average Bonchev–Trinajstić information content (AvgIpc) is 2.65. The molecule has 1 amide bonds. The van der Waals surface area contributed by atoms with Crippen LogP contribution in [0.15, 0.2) is 46.5 Å². The minimum absolute atomic E-state index is 0.0975. The summed E-state index contributed by atoms with van der Waals surface area (Å²) < 4.78 is 28.2. The number of aromatic nitrogens is 3. The smallest absolute Gasteiger partial charge is 0.263 e. The number of halogens is 2. The van der Waals surface area contributed by atoms with Gasteiger partial charge in [-0.05, 0) is 30.2 Å². The fourth-order valence-corrected chi connectivity index (χ4v) is 3.38. The molecule has 2 heterocycles. The van der Waals surface area contributed by atoms with Crippen molar-refractivity contribution >= 4 is 34.4 Å². The van der Waals surface area contributed by atoms with Crippen molar-refractivity contribution in [2.24, 2.45) is 5.92 Å². The van der Waals surface area contributed by atoms with Crippen LogP contribution >= 0.6 is 11.8 Å². The quantitative estimate of drug-likeness (QED) is 0.503. The lowest BCUT2D eigenvalue weighted by Crippen LogP contribution is -2.26. The number of hydrogen-bond acceptors (Lipinski definition) is 5. The van der Waals surface area contributed by atoms with E-state index in [-0.39, 0.29) is 22.9 Å². The van der Waals surface area contributed by atoms with Gasteiger partial charge >= 0.3 is 0 Å². The summed E-state index contributed by atoms with van der Waals surface area (Å²) in [5.74, 6) is -1.99. The van der Waals surface area contributed by atoms with Gasteiger partial charge < -0.3 is 5.32 Å². The number of nitrogens with one attached hydrogen (secondary N) is 1. The summed E-state index contributed by atoms with van der Waals surface area (Å²) >= 11 is 1.06. The number of amides is 1. The third-order valence-electron chi connectivity index (χ3n) is 3.78. The van der Waals surface area contributed by atoms with Gasteiger partial charge in [0.05, 0.1) is 16.8 Å². The maximum absolute atomic E-state index is 13.7. The largest absolute Gasteiger partial charge is 0.323 e. The maximum Gasteiger partial charge on any atom is 0.263 e. The molecule has 3 rings (SSSR count). The van der Waals surface area contributed by atoms with Crippen LogP contribution in [0, 0.1) is 17.6 Å². The molecular formula is C19H18F2N4O2S. The van der Waals surface area contributed by atoms with Crippen LogP contribution in [0.25, 0.3) is 11.0 Å². The molecule has 28 heavy (non-hydrogen) atoms. The Balaban J connectivity index is 1.82. The average molecular weight is 404 g/mol. The second-order valence-electron chi connectivity index (χ2n) is 6.54. The van der Waals surface area contributed by atoms with Crippen LogP contribution in [0.3, 0.4) is 0 Å². The predicted octanol–water partition coefficient (Wildman–Crippen LogP) is 3.46. The second-order valence-corrected chi connectivity index (χ2v) is 7.48. The number of rotatable bonds is 6. The highest BCUT2D eigenvalue weighted by atomic mass is 32.2. The van der Waals surface area contributed by atoms with E-state index in [1.165, 1.54) is 4.57 Å². The molecule has 0 saturated heterocycles. The van der Waals surface area contributed by atoms with Gasteiger partial charge in [0.2, 0.25) is 5.91 Å². The number of nitrogens with zero attached hydrogens (tertiary/aromatic N) is 3. The van der Waals surface area contributed by atoms with Crippen molar-refractivity contribution in [3.05, 3.63) is 58.5 Å². The van der Waals surface area contributed by atoms with Crippen molar-refractivity contribution in [2.45, 2.75) is 25.5 Å². The van der Waals surface area contributed by atoms with Crippen LogP contribution in [0.5, 0.6) is 0 Å². The summed E-state index contributed by atoms with van der Waals surface area (Å²) in [6.45, 7) is 4.38. The molecule has 0 aliphatic rings. The van der Waals surface area contributed by atoms with Crippen molar-refractivity contribution < 1.29 is 13.6 Å². The highest BCUT2D eigenvalue weighted by Crippen LogP contribution is 2.20. The maximum atomic E-state index is 13.7. The molecule has 0 spiro atoms. The SMILES string of the molecule is CC(C)Cn1c(SCC(=O)Nc2ccc(F)cc2F)nc2ncccc2c1=O. The molecule has 6 nitrogen and oxygen atoms in total. The number of fused-ring (bicyclic) bond motifs is 1. The fourth-order valence-electron chi connectivity index (χ4n) is 2.58. The van der Waals surface area contributed by atoms with Crippen LogP contribution in [0.2, 0.25) is 0 Å². The molecule has 0 aliphatic carbocycles. The summed E-state index contributed by atoms with van der Waals surface area (Å²) in [6.07, 6.45) is 1.54. The number of carbonyl (C=O) groups is 1. The van der Waals surface area contributed by atoms with Crippen LogP contribution in [0.4, 0.5) is 14.5 Å². The third kappa shape index (κ3) is 4.53. The Morgan fingerprint density at radius 1 is 1.29 bits per heavy atom. The first-order valence-electron chi connectivity index (χ1n) is 8.58. The highest BCUT2D eigenvalue weighted by molar-refractivity contribution is 7.99. The van der Waals surface area contributed by atoms with E-state index < -0.39 is 17.5 Å². The van der Waals surface area contributed by atoms with Gasteiger partial charge in [-0.25, -0.2) is 18.7 Å². The topological polar surface area (TPSA) is 76.9 Å². The van der Waals surface area contributed by atoms with Crippen molar-refractivity contribution in [3.63, 3.8) is 0 Å². The first-order valence-corrected chi connectivity index (χ1v) is 9.57. The first-order chi connectivity index (χ1) is 13.3. The molecule has 0 radical (unpaired) electrons. The lowest BCUT2D eigenvalue weighted by molar-refractivity contribution is -0.113. The fraction of sp³-hybridized carbons (Fsp3) is 0.263. The standard InChI is InChI=1S/C19H18F2N4O2S/c1-11(2)9-25-18(27)13-4-3-7-22-17(13)24-19(25)28-10-16(26)23-15-6-5-12(20)8-14(15)21/h3-8,11H,9-10H2,1-2H3,(H,23,26). The van der Waals surface area contributed by atoms with Gasteiger partial charge in [-0.3, -0.25) is 14.2 Å². The molecule has 0 saturated carbocycles. The Labute approximate surface area is 164 Å². The Hall–Kier alpha value is -2.81. The first kappa shape index (κ1) is 19.9. The summed E-state index contributed by atoms with van der Waals surface area (Å²) in [5.41, 5.74) is -0.0287. The lowest BCUT2D eigenvalue weighted by atomic mass is 10.2. The number of benzene rings is 1. The number of thioether (sulfide) groups is 1. The number of pyridine rings is 1. The molecule has 9 heteroatoms. The molecule has 3 aromatic rings. The molecule has 0 aliphatic heterocycles. The van der Waals surface area contributed by atoms with Crippen molar-refractivity contribution in [2.75, 3.05) is 11.1 Å². The summed E-state index contributed by atoms with van der Waals surface area (Å²) in [4.78, 5) is 33.5. The van der Waals surface area contributed by atoms with Crippen molar-refractivity contribution in [3.8, 4) is 0 Å². The molecule has 2 aromatic heterocycles. The molecule has 0 atom stereocenters. The number of hydrogen-bond donors (Lipinski definition) is 1. The van der Waals surface area contributed by atoms with Crippen molar-refractivity contribution in [1.82, 2.24) is 14.5 Å². The minimum atomic E-state index is -0.858. The summed E-state index contributed by atoms with van der Waals surface area (Å²) in [7, 11) is 0. The molecular weight excluding hydrogens is 386 g/mol. The van der Waals surface area contributed by atoms with Gasteiger partial charge in [0.1, 0.15) is 11.6 Å². The molecule has 0 bridgehead atoms. The zero-order valence-electron chi connectivity index (χ0n) is 15.3. The molecule has 1 N–H and O–H groups in total. The van der Waals surface area contributed by atoms with Gasteiger partial charge in [-0.15, -0.1) is 0 Å². The highest BCUT2D eigenvalue weighted by Gasteiger charge is 2.15. The van der Waals surface area contributed by atoms with E-state index in [9.17, 15) is 18.4 Å². The van der Waals surface area contributed by atoms with Gasteiger partial charge in [0.25, 0.3) is 5.56 Å². The molecule has 146 valence electrons. The van der Waals surface area contributed by atoms with Crippen LogP contribution in [0.1, 0.15) is 13.8 Å². The van der Waals surface area contributed by atoms with E-state index in [2.05, 4.69) is 15.3 Å². The molecule has 0 unspecified atom stereocenters. The number of anilines is 1. The van der Waals surface area contributed by atoms with E-state index in [4.69, 9.17) is 0 Å². The van der Waals surface area contributed by atoms with E-state index in [0.717, 1.165) is 23.9 Å². The lowest BCUT2D eigenvalue weighted by Gasteiger charge is -2.14. The van der Waals surface area contributed by atoms with E-state index in [1.54, 1.807) is 18.3 Å². The van der Waals surface area contributed by atoms with Crippen LogP contribution in [-0.4, -0.2) is 26.2 Å². The van der Waals surface area contributed by atoms with Gasteiger partial charge in [-0.2, -0.15) is 0 Å². The Kier molecular flexibility index (Phi) is 6.03. The third-order valence-corrected chi connectivity index (χ3v) is 4.76. The molecule has 0 fully saturated rings. The Bertz CT molecular complexity index is 1090. The zero-order valence-corrected chi connectivity index (χ0v) is 16.1. The van der Waals surface area contributed by atoms with E-state index >= 15 is 0 Å². The predicted molar refractivity (Wildman–Crippen MR) is 104 cm³/mol. The summed E-state index contributed by atoms with van der Waals surface area (Å²) in [6, 6.07) is 6.23. The van der Waals surface area contributed by atoms with Crippen LogP contribution in [-0.2, 0) is 11.3 Å². The minimum Gasteiger partial charge on any atom is -0.323 e. The van der Waals surface area contributed by atoms with E-state index in [0.29, 0.717) is 28.8 Å². The Morgan fingerprint density at radius 2 is 2.07 bits per heavy atom. The Morgan fingerprint density at radius 3 is 2.79 bits per heavy atom. The van der Waals surface area contributed by atoms with Crippen molar-refractivity contribution in [1.29, 1.82) is 0 Å². The van der Waals surface area contributed by atoms with Gasteiger partial charge in [-0.1, -0.05) is 25.6 Å².